The van der Waals surface area contributed by atoms with Crippen LogP contribution in [0.15, 0.2) is 39.9 Å². The normalized spacial score (nSPS) is 10.6. The van der Waals surface area contributed by atoms with Crippen molar-refractivity contribution < 1.29 is 9.53 Å². The highest BCUT2D eigenvalue weighted by atomic mass is 16.5. The van der Waals surface area contributed by atoms with Crippen LogP contribution in [0.4, 0.5) is 11.5 Å². The number of hydrogen-bond donors (Lipinski definition) is 2. The number of carbonyl (C=O) groups excluding carboxylic acids is 1. The highest BCUT2D eigenvalue weighted by Crippen LogP contribution is 2.18. The molecule has 27 heavy (non-hydrogen) atoms. The number of aromatic amines is 1. The van der Waals surface area contributed by atoms with E-state index in [1.54, 1.807) is 19.1 Å². The third kappa shape index (κ3) is 4.99. The summed E-state index contributed by atoms with van der Waals surface area (Å²) in [4.78, 5) is 40.5. The van der Waals surface area contributed by atoms with Crippen LogP contribution in [0, 0.1) is 0 Å². The molecular formula is C19H26N4O4. The summed E-state index contributed by atoms with van der Waals surface area (Å²) in [5.74, 6) is 0.376. The van der Waals surface area contributed by atoms with Gasteiger partial charge in [-0.25, -0.2) is 4.79 Å². The number of ether oxygens (including phenoxy) is 1. The van der Waals surface area contributed by atoms with Crippen molar-refractivity contribution in [1.82, 2.24) is 9.55 Å². The van der Waals surface area contributed by atoms with Crippen molar-refractivity contribution in [3.05, 3.63) is 51.2 Å². The van der Waals surface area contributed by atoms with E-state index in [9.17, 15) is 14.4 Å². The fourth-order valence-corrected chi connectivity index (χ4v) is 2.74. The highest BCUT2D eigenvalue weighted by Gasteiger charge is 2.22. The molecule has 0 saturated heterocycles. The maximum Gasteiger partial charge on any atom is 0.330 e. The third-order valence-electron chi connectivity index (χ3n) is 4.16. The van der Waals surface area contributed by atoms with Crippen LogP contribution in [0.3, 0.4) is 0 Å². The van der Waals surface area contributed by atoms with Crippen molar-refractivity contribution in [3.8, 4) is 5.75 Å². The first-order valence-electron chi connectivity index (χ1n) is 9.10. The Morgan fingerprint density at radius 1 is 1.22 bits per heavy atom. The summed E-state index contributed by atoms with van der Waals surface area (Å²) < 4.78 is 6.85. The Morgan fingerprint density at radius 2 is 1.93 bits per heavy atom. The number of amides is 1. The summed E-state index contributed by atoms with van der Waals surface area (Å²) in [6, 6.07) is 9.16. The van der Waals surface area contributed by atoms with Crippen LogP contribution in [0.5, 0.6) is 5.75 Å². The molecule has 0 atom stereocenters. The number of nitrogens with two attached hydrogens (primary N) is 1. The Bertz CT molecular complexity index is 874. The van der Waals surface area contributed by atoms with Crippen LogP contribution in [0.2, 0.25) is 0 Å². The second-order valence-electron chi connectivity index (χ2n) is 6.05. The Kier molecular flexibility index (Phi) is 7.22. The summed E-state index contributed by atoms with van der Waals surface area (Å²) in [5.41, 5.74) is 4.86. The van der Waals surface area contributed by atoms with Crippen molar-refractivity contribution in [3.63, 3.8) is 0 Å². The molecule has 1 aromatic heterocycles. The van der Waals surface area contributed by atoms with Crippen molar-refractivity contribution in [2.75, 3.05) is 23.8 Å². The van der Waals surface area contributed by atoms with Gasteiger partial charge in [0.05, 0.1) is 13.0 Å². The Balaban J connectivity index is 2.19. The van der Waals surface area contributed by atoms with Crippen molar-refractivity contribution >= 4 is 17.4 Å². The molecule has 0 bridgehead atoms. The van der Waals surface area contributed by atoms with Gasteiger partial charge in [-0.3, -0.25) is 19.1 Å². The first kappa shape index (κ1) is 20.3. The highest BCUT2D eigenvalue weighted by molar-refractivity contribution is 5.95. The predicted molar refractivity (Wildman–Crippen MR) is 105 cm³/mol. The van der Waals surface area contributed by atoms with Gasteiger partial charge in [-0.2, -0.15) is 0 Å². The van der Waals surface area contributed by atoms with Gasteiger partial charge in [0.15, 0.2) is 5.69 Å². The molecule has 2 rings (SSSR count). The Morgan fingerprint density at radius 3 is 2.56 bits per heavy atom. The number of aromatic nitrogens is 2. The molecule has 1 aromatic carbocycles. The van der Waals surface area contributed by atoms with E-state index in [-0.39, 0.29) is 37.0 Å². The minimum Gasteiger partial charge on any atom is -0.493 e. The van der Waals surface area contributed by atoms with Crippen LogP contribution in [0.1, 0.15) is 33.1 Å². The predicted octanol–water partition coefficient (Wildman–Crippen LogP) is 1.74. The van der Waals surface area contributed by atoms with E-state index in [1.807, 2.05) is 25.1 Å². The van der Waals surface area contributed by atoms with Gasteiger partial charge in [0.25, 0.3) is 5.56 Å². The number of benzene rings is 1. The monoisotopic (exact) mass is 374 g/mol. The number of rotatable bonds is 9. The molecule has 0 aliphatic rings. The van der Waals surface area contributed by atoms with Gasteiger partial charge in [-0.15, -0.1) is 0 Å². The molecule has 0 aliphatic heterocycles. The van der Waals surface area contributed by atoms with E-state index in [4.69, 9.17) is 10.5 Å². The lowest BCUT2D eigenvalue weighted by Crippen LogP contribution is -2.41. The average Bonchev–Trinajstić information content (AvgIpc) is 2.65. The zero-order chi connectivity index (χ0) is 19.8. The van der Waals surface area contributed by atoms with Gasteiger partial charge in [-0.1, -0.05) is 31.5 Å². The molecule has 146 valence electrons. The molecule has 0 fully saturated rings. The SMILES string of the molecule is CCCCn1c(N)c(N(CC)C(=O)CCOc2ccccc2)c(=O)[nH]c1=O. The van der Waals surface area contributed by atoms with Gasteiger partial charge in [0.1, 0.15) is 11.6 Å². The number of nitrogen functional groups attached to an aromatic ring is 1. The molecule has 0 saturated carbocycles. The fourth-order valence-electron chi connectivity index (χ4n) is 2.74. The number of carbonyl (C=O) groups is 1. The summed E-state index contributed by atoms with van der Waals surface area (Å²) in [6.45, 7) is 4.54. The van der Waals surface area contributed by atoms with Crippen LogP contribution in [0.25, 0.3) is 0 Å². The lowest BCUT2D eigenvalue weighted by molar-refractivity contribution is -0.119. The minimum atomic E-state index is -0.663. The summed E-state index contributed by atoms with van der Waals surface area (Å²) in [6.07, 6.45) is 1.68. The van der Waals surface area contributed by atoms with Gasteiger partial charge >= 0.3 is 5.69 Å². The lowest BCUT2D eigenvalue weighted by Gasteiger charge is -2.23. The molecule has 8 nitrogen and oxygen atoms in total. The first-order chi connectivity index (χ1) is 13.0. The standard InChI is InChI=1S/C19H26N4O4/c1-3-5-12-23-17(20)16(18(25)21-19(23)26)22(4-2)15(24)11-13-27-14-9-7-6-8-10-14/h6-10H,3-5,11-13,20H2,1-2H3,(H,21,25,26). The van der Waals surface area contributed by atoms with E-state index >= 15 is 0 Å². The second-order valence-corrected chi connectivity index (χ2v) is 6.05. The molecular weight excluding hydrogens is 348 g/mol. The van der Waals surface area contributed by atoms with Crippen molar-refractivity contribution in [2.24, 2.45) is 0 Å². The zero-order valence-corrected chi connectivity index (χ0v) is 15.7. The second kappa shape index (κ2) is 9.61. The molecule has 1 amide bonds. The van der Waals surface area contributed by atoms with E-state index in [0.29, 0.717) is 12.3 Å². The zero-order valence-electron chi connectivity index (χ0n) is 15.7. The Labute approximate surface area is 157 Å². The average molecular weight is 374 g/mol. The number of hydrogen-bond acceptors (Lipinski definition) is 5. The van der Waals surface area contributed by atoms with Crippen LogP contribution < -0.4 is 26.6 Å². The first-order valence-corrected chi connectivity index (χ1v) is 9.10. The summed E-state index contributed by atoms with van der Waals surface area (Å²) in [7, 11) is 0. The number of unbranched alkanes of at least 4 members (excludes halogenated alkanes) is 1. The maximum absolute atomic E-state index is 12.6. The topological polar surface area (TPSA) is 110 Å². The van der Waals surface area contributed by atoms with Gasteiger partial charge < -0.3 is 15.4 Å². The largest absolute Gasteiger partial charge is 0.493 e. The number of anilines is 2. The minimum absolute atomic E-state index is 0.0105. The van der Waals surface area contributed by atoms with E-state index in [0.717, 1.165) is 12.8 Å². The van der Waals surface area contributed by atoms with E-state index < -0.39 is 11.2 Å². The van der Waals surface area contributed by atoms with Crippen molar-refractivity contribution in [1.29, 1.82) is 0 Å². The number of nitrogens with zero attached hydrogens (tertiary/aromatic N) is 2. The van der Waals surface area contributed by atoms with E-state index in [2.05, 4.69) is 4.98 Å². The number of nitrogens with one attached hydrogen (secondary N) is 1. The maximum atomic E-state index is 12.6. The van der Waals surface area contributed by atoms with Gasteiger partial charge in [-0.05, 0) is 25.5 Å². The van der Waals surface area contributed by atoms with Crippen LogP contribution in [-0.4, -0.2) is 28.6 Å². The molecule has 3 N–H and O–H groups in total. The molecule has 0 radical (unpaired) electrons. The summed E-state index contributed by atoms with van der Waals surface area (Å²) >= 11 is 0. The van der Waals surface area contributed by atoms with Crippen molar-refractivity contribution in [2.45, 2.75) is 39.7 Å². The number of para-hydroxylation sites is 1. The van der Waals surface area contributed by atoms with Crippen LogP contribution in [-0.2, 0) is 11.3 Å². The number of H-pyrrole nitrogens is 1. The van der Waals surface area contributed by atoms with Gasteiger partial charge in [0.2, 0.25) is 5.91 Å². The fraction of sp³-hybridized carbons (Fsp3) is 0.421. The molecule has 0 spiro atoms. The molecule has 1 heterocycles. The van der Waals surface area contributed by atoms with Gasteiger partial charge in [0, 0.05) is 13.1 Å². The molecule has 0 aliphatic carbocycles. The third-order valence-corrected chi connectivity index (χ3v) is 4.16. The Hall–Kier alpha value is -3.03. The quantitative estimate of drug-likeness (QED) is 0.695. The smallest absolute Gasteiger partial charge is 0.330 e. The van der Waals surface area contributed by atoms with E-state index in [1.165, 1.54) is 9.47 Å². The molecule has 8 heteroatoms. The lowest BCUT2D eigenvalue weighted by atomic mass is 10.3. The summed E-state index contributed by atoms with van der Waals surface area (Å²) in [5, 5.41) is 0. The molecule has 2 aromatic rings. The van der Waals surface area contributed by atoms with Crippen LogP contribution >= 0.6 is 0 Å². The molecule has 0 unspecified atom stereocenters.